The third-order valence-corrected chi connectivity index (χ3v) is 2.76. The Balaban J connectivity index is 2.67. The molecule has 2 rings (SSSR count). The van der Waals surface area contributed by atoms with E-state index in [2.05, 4.69) is 0 Å². The molecule has 2 aromatic rings. The minimum Gasteiger partial charge on any atom is -0.508 e. The lowest BCUT2D eigenvalue weighted by Gasteiger charge is -2.10. The first-order chi connectivity index (χ1) is 9.41. The number of nitrogens with two attached hydrogens (primary N) is 1. The molecule has 0 bridgehead atoms. The third kappa shape index (κ3) is 2.26. The second kappa shape index (κ2) is 4.93. The normalized spacial score (nSPS) is 10.2. The van der Waals surface area contributed by atoms with Gasteiger partial charge in [-0.15, -0.1) is 0 Å². The van der Waals surface area contributed by atoms with E-state index < -0.39 is 17.3 Å². The zero-order chi connectivity index (χ0) is 14.9. The van der Waals surface area contributed by atoms with Crippen LogP contribution in [0.3, 0.4) is 0 Å². The molecule has 0 saturated carbocycles. The van der Waals surface area contributed by atoms with Gasteiger partial charge in [0.15, 0.2) is 5.78 Å². The van der Waals surface area contributed by atoms with Crippen molar-refractivity contribution in [3.05, 3.63) is 53.1 Å². The molecule has 0 aliphatic heterocycles. The molecule has 0 unspecified atom stereocenters. The molecule has 6 heteroatoms. The van der Waals surface area contributed by atoms with Crippen molar-refractivity contribution in [3.63, 3.8) is 0 Å². The zero-order valence-corrected chi connectivity index (χ0v) is 10.2. The highest BCUT2D eigenvalue weighted by atomic mass is 16.4. The standard InChI is InChI=1S/C14H11NO5/c15-10-6-7(16)5-9(14(19)20)12(10)13(18)8-3-1-2-4-11(8)17/h1-6,16-17H,15H2,(H,19,20). The van der Waals surface area contributed by atoms with E-state index in [0.29, 0.717) is 0 Å². The number of nitrogen functional groups attached to an aromatic ring is 1. The van der Waals surface area contributed by atoms with E-state index in [9.17, 15) is 19.8 Å². The van der Waals surface area contributed by atoms with Crippen molar-refractivity contribution >= 4 is 17.4 Å². The van der Waals surface area contributed by atoms with E-state index in [1.54, 1.807) is 0 Å². The number of carbonyl (C=O) groups is 2. The van der Waals surface area contributed by atoms with Crippen LogP contribution >= 0.6 is 0 Å². The summed E-state index contributed by atoms with van der Waals surface area (Å²) in [6.07, 6.45) is 0. The molecule has 0 aliphatic carbocycles. The maximum atomic E-state index is 12.3. The molecule has 0 amide bonds. The average molecular weight is 273 g/mol. The second-order valence-electron chi connectivity index (χ2n) is 4.11. The molecule has 0 heterocycles. The minimum atomic E-state index is -1.40. The number of aromatic hydroxyl groups is 2. The molecule has 0 aromatic heterocycles. The first kappa shape index (κ1) is 13.4. The smallest absolute Gasteiger partial charge is 0.336 e. The van der Waals surface area contributed by atoms with Crippen LogP contribution in [-0.4, -0.2) is 27.1 Å². The lowest BCUT2D eigenvalue weighted by atomic mass is 9.96. The molecule has 0 radical (unpaired) electrons. The molecule has 0 fully saturated rings. The van der Waals surface area contributed by atoms with Crippen LogP contribution in [0.25, 0.3) is 0 Å². The fourth-order valence-corrected chi connectivity index (χ4v) is 1.87. The Morgan fingerprint density at radius 1 is 1.00 bits per heavy atom. The van der Waals surface area contributed by atoms with Crippen molar-refractivity contribution in [2.24, 2.45) is 0 Å². The maximum Gasteiger partial charge on any atom is 0.336 e. The van der Waals surface area contributed by atoms with E-state index in [0.717, 1.165) is 12.1 Å². The van der Waals surface area contributed by atoms with Crippen LogP contribution < -0.4 is 5.73 Å². The van der Waals surface area contributed by atoms with Gasteiger partial charge in [0.25, 0.3) is 0 Å². The summed E-state index contributed by atoms with van der Waals surface area (Å²) < 4.78 is 0. The van der Waals surface area contributed by atoms with Crippen LogP contribution in [0.4, 0.5) is 5.69 Å². The van der Waals surface area contributed by atoms with Gasteiger partial charge in [-0.2, -0.15) is 0 Å². The number of hydrogen-bond donors (Lipinski definition) is 4. The van der Waals surface area contributed by atoms with E-state index >= 15 is 0 Å². The summed E-state index contributed by atoms with van der Waals surface area (Å²) in [6.45, 7) is 0. The summed E-state index contributed by atoms with van der Waals surface area (Å²) in [5, 5.41) is 28.1. The number of aromatic carboxylic acids is 1. The number of phenolic OH excluding ortho intramolecular Hbond substituents is 2. The third-order valence-electron chi connectivity index (χ3n) is 2.76. The quantitative estimate of drug-likeness (QED) is 0.498. The fraction of sp³-hybridized carbons (Fsp3) is 0. The number of rotatable bonds is 3. The summed E-state index contributed by atoms with van der Waals surface area (Å²) in [5.41, 5.74) is 4.70. The van der Waals surface area contributed by atoms with Gasteiger partial charge in [0.1, 0.15) is 11.5 Å². The molecule has 2 aromatic carbocycles. The van der Waals surface area contributed by atoms with E-state index in [-0.39, 0.29) is 28.3 Å². The topological polar surface area (TPSA) is 121 Å². The molecule has 0 atom stereocenters. The largest absolute Gasteiger partial charge is 0.508 e. The summed E-state index contributed by atoms with van der Waals surface area (Å²) >= 11 is 0. The molecular weight excluding hydrogens is 262 g/mol. The number of carbonyl (C=O) groups excluding carboxylic acids is 1. The molecule has 6 nitrogen and oxygen atoms in total. The SMILES string of the molecule is Nc1cc(O)cc(C(=O)O)c1C(=O)c1ccccc1O. The first-order valence-electron chi connectivity index (χ1n) is 5.60. The number of carboxylic acid groups (broad SMARTS) is 1. The van der Waals surface area contributed by atoms with Crippen molar-refractivity contribution in [1.82, 2.24) is 0 Å². The Hall–Kier alpha value is -3.02. The highest BCUT2D eigenvalue weighted by molar-refractivity contribution is 6.18. The number of phenols is 2. The van der Waals surface area contributed by atoms with Gasteiger partial charge >= 0.3 is 5.97 Å². The molecule has 0 saturated heterocycles. The number of ketones is 1. The van der Waals surface area contributed by atoms with Gasteiger partial charge < -0.3 is 21.1 Å². The Morgan fingerprint density at radius 3 is 2.25 bits per heavy atom. The molecule has 0 aliphatic rings. The monoisotopic (exact) mass is 273 g/mol. The van der Waals surface area contributed by atoms with Crippen LogP contribution in [0.1, 0.15) is 26.3 Å². The second-order valence-corrected chi connectivity index (χ2v) is 4.11. The Morgan fingerprint density at radius 2 is 1.65 bits per heavy atom. The summed E-state index contributed by atoms with van der Waals surface area (Å²) in [4.78, 5) is 23.5. The Bertz CT molecular complexity index is 709. The number of benzene rings is 2. The number of anilines is 1. The summed E-state index contributed by atoms with van der Waals surface area (Å²) in [6, 6.07) is 7.75. The van der Waals surface area contributed by atoms with Gasteiger partial charge in [-0.05, 0) is 18.2 Å². The number of hydrogen-bond acceptors (Lipinski definition) is 5. The first-order valence-corrected chi connectivity index (χ1v) is 5.60. The van der Waals surface area contributed by atoms with E-state index in [1.807, 2.05) is 0 Å². The fourth-order valence-electron chi connectivity index (χ4n) is 1.87. The Kier molecular flexibility index (Phi) is 3.30. The van der Waals surface area contributed by atoms with Gasteiger partial charge in [-0.3, -0.25) is 4.79 Å². The van der Waals surface area contributed by atoms with Crippen molar-refractivity contribution in [3.8, 4) is 11.5 Å². The predicted molar refractivity (Wildman–Crippen MR) is 71.0 cm³/mol. The van der Waals surface area contributed by atoms with Crippen LogP contribution in [0, 0.1) is 0 Å². The Labute approximate surface area is 113 Å². The van der Waals surface area contributed by atoms with Gasteiger partial charge in [-0.1, -0.05) is 12.1 Å². The minimum absolute atomic E-state index is 0.0626. The summed E-state index contributed by atoms with van der Waals surface area (Å²) in [5.74, 6) is -2.75. The van der Waals surface area contributed by atoms with E-state index in [1.165, 1.54) is 24.3 Å². The van der Waals surface area contributed by atoms with Crippen LogP contribution in [0.5, 0.6) is 11.5 Å². The molecule has 0 spiro atoms. The van der Waals surface area contributed by atoms with Gasteiger partial charge in [0.05, 0.1) is 16.7 Å². The predicted octanol–water partition coefficient (Wildman–Crippen LogP) is 1.61. The summed E-state index contributed by atoms with van der Waals surface area (Å²) in [7, 11) is 0. The highest BCUT2D eigenvalue weighted by Gasteiger charge is 2.23. The highest BCUT2D eigenvalue weighted by Crippen LogP contribution is 2.29. The average Bonchev–Trinajstić information content (AvgIpc) is 2.37. The van der Waals surface area contributed by atoms with Crippen molar-refractivity contribution in [2.45, 2.75) is 0 Å². The maximum absolute atomic E-state index is 12.3. The lowest BCUT2D eigenvalue weighted by Crippen LogP contribution is -2.13. The van der Waals surface area contributed by atoms with Crippen LogP contribution in [0.2, 0.25) is 0 Å². The van der Waals surface area contributed by atoms with Crippen LogP contribution in [0.15, 0.2) is 36.4 Å². The van der Waals surface area contributed by atoms with Gasteiger partial charge in [0.2, 0.25) is 0 Å². The van der Waals surface area contributed by atoms with Gasteiger partial charge in [-0.25, -0.2) is 4.79 Å². The van der Waals surface area contributed by atoms with Gasteiger partial charge in [0, 0.05) is 11.8 Å². The molecule has 5 N–H and O–H groups in total. The van der Waals surface area contributed by atoms with Crippen molar-refractivity contribution in [1.29, 1.82) is 0 Å². The molecule has 102 valence electrons. The zero-order valence-electron chi connectivity index (χ0n) is 10.2. The molecular formula is C14H11NO5. The number of carboxylic acids is 1. The van der Waals surface area contributed by atoms with Crippen molar-refractivity contribution < 1.29 is 24.9 Å². The van der Waals surface area contributed by atoms with Crippen LogP contribution in [-0.2, 0) is 0 Å². The lowest BCUT2D eigenvalue weighted by molar-refractivity contribution is 0.0692. The van der Waals surface area contributed by atoms with E-state index in [4.69, 9.17) is 10.8 Å². The van der Waals surface area contributed by atoms with Crippen molar-refractivity contribution in [2.75, 3.05) is 5.73 Å². The number of para-hydroxylation sites is 1. The molecule has 20 heavy (non-hydrogen) atoms.